The van der Waals surface area contributed by atoms with E-state index in [1.807, 2.05) is 13.8 Å². The van der Waals surface area contributed by atoms with Gasteiger partial charge < -0.3 is 0 Å². The quantitative estimate of drug-likeness (QED) is 0.463. The van der Waals surface area contributed by atoms with Crippen LogP contribution in [0.25, 0.3) is 0 Å². The zero-order valence-electron chi connectivity index (χ0n) is 7.69. The van der Waals surface area contributed by atoms with Crippen molar-refractivity contribution in [1.82, 2.24) is 0 Å². The summed E-state index contributed by atoms with van der Waals surface area (Å²) >= 11 is 0. The second-order valence-corrected chi connectivity index (χ2v) is 2.90. The minimum Gasteiger partial charge on any atom is -0.252 e. The fourth-order valence-electron chi connectivity index (χ4n) is 1.24. The minimum absolute atomic E-state index is 0.0555. The second-order valence-electron chi connectivity index (χ2n) is 2.90. The van der Waals surface area contributed by atoms with E-state index in [2.05, 4.69) is 9.78 Å². The summed E-state index contributed by atoms with van der Waals surface area (Å²) in [4.78, 5) is 8.34. The molecule has 4 heteroatoms. The summed E-state index contributed by atoms with van der Waals surface area (Å²) in [5.41, 5.74) is 0. The second kappa shape index (κ2) is 7.49. The lowest BCUT2D eigenvalue weighted by Gasteiger charge is -2.21. The minimum atomic E-state index is -0.229. The highest BCUT2D eigenvalue weighted by molar-refractivity contribution is 4.66. The van der Waals surface area contributed by atoms with Gasteiger partial charge in [0.15, 0.2) is 0 Å². The van der Waals surface area contributed by atoms with Gasteiger partial charge in [-0.1, -0.05) is 20.3 Å². The third kappa shape index (κ3) is 4.01. The normalized spacial score (nSPS) is 16.0. The molecule has 0 radical (unpaired) electrons. The summed E-state index contributed by atoms with van der Waals surface area (Å²) in [6.45, 7) is 4.19. The molecule has 4 nitrogen and oxygen atoms in total. The Bertz CT molecular complexity index is 85.1. The Balaban J connectivity index is 3.84. The fourth-order valence-corrected chi connectivity index (χ4v) is 1.24. The van der Waals surface area contributed by atoms with Crippen molar-refractivity contribution < 1.29 is 20.3 Å². The first kappa shape index (κ1) is 11.8. The highest BCUT2D eigenvalue weighted by Crippen LogP contribution is 2.16. The molecule has 12 heavy (non-hydrogen) atoms. The molecule has 0 rings (SSSR count). The van der Waals surface area contributed by atoms with Crippen molar-refractivity contribution in [3.8, 4) is 0 Å². The maximum Gasteiger partial charge on any atom is 0.0978 e. The Morgan fingerprint density at radius 3 is 2.25 bits per heavy atom. The van der Waals surface area contributed by atoms with Crippen LogP contribution in [0.2, 0.25) is 0 Å². The number of hydrogen-bond acceptors (Lipinski definition) is 4. The van der Waals surface area contributed by atoms with Gasteiger partial charge in [-0.15, -0.1) is 0 Å². The van der Waals surface area contributed by atoms with Crippen LogP contribution in [-0.2, 0) is 9.78 Å². The van der Waals surface area contributed by atoms with E-state index in [0.29, 0.717) is 0 Å². The molecule has 0 saturated carbocycles. The third-order valence-electron chi connectivity index (χ3n) is 2.05. The molecule has 2 atom stereocenters. The van der Waals surface area contributed by atoms with E-state index < -0.39 is 0 Å². The molecule has 74 valence electrons. The van der Waals surface area contributed by atoms with Crippen LogP contribution in [0.4, 0.5) is 0 Å². The predicted octanol–water partition coefficient (Wildman–Crippen LogP) is 2.16. The lowest BCUT2D eigenvalue weighted by Crippen LogP contribution is -2.26. The van der Waals surface area contributed by atoms with Crippen molar-refractivity contribution in [2.24, 2.45) is 5.92 Å². The maximum absolute atomic E-state index is 8.55. The monoisotopic (exact) mass is 178 g/mol. The lowest BCUT2D eigenvalue weighted by atomic mass is 9.97. The molecule has 0 saturated heterocycles. The van der Waals surface area contributed by atoms with Gasteiger partial charge in [0.2, 0.25) is 0 Å². The fraction of sp³-hybridized carbons (Fsp3) is 1.00. The highest BCUT2D eigenvalue weighted by Gasteiger charge is 2.20. The molecule has 2 N–H and O–H groups in total. The molecule has 0 aliphatic rings. The number of hydrogen-bond donors (Lipinski definition) is 2. The number of rotatable bonds is 7. The van der Waals surface area contributed by atoms with Crippen LogP contribution < -0.4 is 0 Å². The Labute approximate surface area is 73.0 Å². The molecular weight excluding hydrogens is 160 g/mol. The van der Waals surface area contributed by atoms with Gasteiger partial charge in [-0.3, -0.25) is 10.5 Å². The zero-order valence-corrected chi connectivity index (χ0v) is 7.69. The van der Waals surface area contributed by atoms with Crippen molar-refractivity contribution in [1.29, 1.82) is 0 Å². The van der Waals surface area contributed by atoms with Gasteiger partial charge in [0.1, 0.15) is 0 Å². The molecule has 0 bridgehead atoms. The molecule has 0 aliphatic carbocycles. The van der Waals surface area contributed by atoms with Crippen molar-refractivity contribution in [3.63, 3.8) is 0 Å². The van der Waals surface area contributed by atoms with Gasteiger partial charge in [-0.25, -0.2) is 9.78 Å². The molecule has 0 spiro atoms. The average Bonchev–Trinajstić information content (AvgIpc) is 2.11. The van der Waals surface area contributed by atoms with E-state index in [0.717, 1.165) is 19.3 Å². The zero-order chi connectivity index (χ0) is 9.40. The van der Waals surface area contributed by atoms with Crippen molar-refractivity contribution in [3.05, 3.63) is 0 Å². The van der Waals surface area contributed by atoms with Gasteiger partial charge in [0.05, 0.1) is 12.7 Å². The van der Waals surface area contributed by atoms with Gasteiger partial charge >= 0.3 is 0 Å². The first-order valence-corrected chi connectivity index (χ1v) is 4.36. The maximum atomic E-state index is 8.55. The lowest BCUT2D eigenvalue weighted by molar-refractivity contribution is -0.311. The van der Waals surface area contributed by atoms with Crippen LogP contribution in [0.15, 0.2) is 0 Å². The standard InChI is InChI=1S/C8H18O4/c1-3-5-8(12-10)7(4-2)6-11-9/h7-10H,3-6H2,1-2H3. The molecule has 0 fully saturated rings. The molecule has 0 aromatic heterocycles. The molecule has 0 aromatic rings. The van der Waals surface area contributed by atoms with E-state index in [1.165, 1.54) is 0 Å². The predicted molar refractivity (Wildman–Crippen MR) is 44.8 cm³/mol. The van der Waals surface area contributed by atoms with E-state index in [1.54, 1.807) is 0 Å². The van der Waals surface area contributed by atoms with E-state index in [-0.39, 0.29) is 18.6 Å². The Kier molecular flexibility index (Phi) is 7.39. The SMILES string of the molecule is CCCC(OO)C(CC)COO. The first-order chi connectivity index (χ1) is 5.79. The van der Waals surface area contributed by atoms with E-state index in [4.69, 9.17) is 10.5 Å². The topological polar surface area (TPSA) is 58.9 Å². The van der Waals surface area contributed by atoms with Crippen LogP contribution in [-0.4, -0.2) is 23.2 Å². The molecule has 0 aromatic carbocycles. The van der Waals surface area contributed by atoms with Gasteiger partial charge in [0, 0.05) is 5.92 Å². The van der Waals surface area contributed by atoms with Crippen molar-refractivity contribution in [2.45, 2.75) is 39.2 Å². The first-order valence-electron chi connectivity index (χ1n) is 4.36. The van der Waals surface area contributed by atoms with Crippen molar-refractivity contribution in [2.75, 3.05) is 6.61 Å². The van der Waals surface area contributed by atoms with Crippen LogP contribution in [0, 0.1) is 5.92 Å². The Morgan fingerprint density at radius 1 is 1.25 bits per heavy atom. The van der Waals surface area contributed by atoms with Crippen LogP contribution >= 0.6 is 0 Å². The van der Waals surface area contributed by atoms with Crippen LogP contribution in [0.3, 0.4) is 0 Å². The molecule has 2 unspecified atom stereocenters. The highest BCUT2D eigenvalue weighted by atomic mass is 17.1. The van der Waals surface area contributed by atoms with Crippen molar-refractivity contribution >= 4 is 0 Å². The van der Waals surface area contributed by atoms with Gasteiger partial charge in [0.25, 0.3) is 0 Å². The molecule has 0 heterocycles. The van der Waals surface area contributed by atoms with Crippen LogP contribution in [0.5, 0.6) is 0 Å². The molecule has 0 amide bonds. The van der Waals surface area contributed by atoms with Gasteiger partial charge in [-0.05, 0) is 12.8 Å². The smallest absolute Gasteiger partial charge is 0.0978 e. The van der Waals surface area contributed by atoms with E-state index >= 15 is 0 Å². The molecular formula is C8H18O4. The Morgan fingerprint density at radius 2 is 1.92 bits per heavy atom. The summed E-state index contributed by atoms with van der Waals surface area (Å²) in [5, 5.41) is 16.8. The average molecular weight is 178 g/mol. The summed E-state index contributed by atoms with van der Waals surface area (Å²) < 4.78 is 0. The third-order valence-corrected chi connectivity index (χ3v) is 2.05. The summed E-state index contributed by atoms with van der Waals surface area (Å²) in [7, 11) is 0. The van der Waals surface area contributed by atoms with Gasteiger partial charge in [-0.2, -0.15) is 0 Å². The summed E-state index contributed by atoms with van der Waals surface area (Å²) in [6.07, 6.45) is 2.30. The Hall–Kier alpha value is -0.160. The summed E-state index contributed by atoms with van der Waals surface area (Å²) in [6, 6.07) is 0. The molecule has 0 aliphatic heterocycles. The van der Waals surface area contributed by atoms with E-state index in [9.17, 15) is 0 Å². The largest absolute Gasteiger partial charge is 0.252 e. The van der Waals surface area contributed by atoms with Crippen LogP contribution in [0.1, 0.15) is 33.1 Å². The summed E-state index contributed by atoms with van der Waals surface area (Å²) in [5.74, 6) is 0.0555.